The van der Waals surface area contributed by atoms with Gasteiger partial charge in [0.05, 0.1) is 19.3 Å². The van der Waals surface area contributed by atoms with Crippen molar-refractivity contribution in [2.75, 3.05) is 7.11 Å². The zero-order valence-electron chi connectivity index (χ0n) is 11.4. The van der Waals surface area contributed by atoms with Gasteiger partial charge in [-0.2, -0.15) is 0 Å². The van der Waals surface area contributed by atoms with E-state index in [9.17, 15) is 4.39 Å². The highest BCUT2D eigenvalue weighted by Gasteiger charge is 2.10. The summed E-state index contributed by atoms with van der Waals surface area (Å²) < 4.78 is 18.4. The topological polar surface area (TPSA) is 49.1 Å². The average Bonchev–Trinajstić information content (AvgIpc) is 2.41. The molecular formula is C14H14ClFN3O. The van der Waals surface area contributed by atoms with E-state index in [1.165, 1.54) is 13.2 Å². The summed E-state index contributed by atoms with van der Waals surface area (Å²) in [5.74, 6) is 0.821. The molecule has 0 N–H and O–H groups in total. The van der Waals surface area contributed by atoms with E-state index >= 15 is 0 Å². The molecule has 1 radical (unpaired) electrons. The Morgan fingerprint density at radius 2 is 2.05 bits per heavy atom. The number of aryl methyl sites for hydroxylation is 2. The number of aromatic nitrogens is 2. The van der Waals surface area contributed by atoms with Crippen LogP contribution in [0.4, 0.5) is 10.2 Å². The van der Waals surface area contributed by atoms with Gasteiger partial charge in [-0.15, -0.1) is 0 Å². The summed E-state index contributed by atoms with van der Waals surface area (Å²) >= 11 is 6.10. The van der Waals surface area contributed by atoms with Gasteiger partial charge in [0.1, 0.15) is 10.8 Å². The van der Waals surface area contributed by atoms with Crippen molar-refractivity contribution in [2.45, 2.75) is 20.4 Å². The van der Waals surface area contributed by atoms with Gasteiger partial charge < -0.3 is 4.74 Å². The molecule has 0 aliphatic carbocycles. The summed E-state index contributed by atoms with van der Waals surface area (Å²) in [7, 11) is 1.43. The second-order valence-electron chi connectivity index (χ2n) is 4.28. The average molecular weight is 295 g/mol. The summed E-state index contributed by atoms with van der Waals surface area (Å²) in [6.45, 7) is 3.86. The molecule has 105 valence electrons. The maximum absolute atomic E-state index is 13.6. The van der Waals surface area contributed by atoms with E-state index in [1.54, 1.807) is 26.0 Å². The first-order chi connectivity index (χ1) is 9.51. The predicted octanol–water partition coefficient (Wildman–Crippen LogP) is 3.33. The smallest absolute Gasteiger partial charge is 0.170 e. The number of halogens is 2. The largest absolute Gasteiger partial charge is 0.494 e. The highest BCUT2D eigenvalue weighted by atomic mass is 35.5. The summed E-state index contributed by atoms with van der Waals surface area (Å²) in [6.07, 6.45) is 0. The lowest BCUT2D eigenvalue weighted by atomic mass is 10.2. The number of hydrogen-bond donors (Lipinski definition) is 0. The van der Waals surface area contributed by atoms with Gasteiger partial charge in [-0.05, 0) is 31.5 Å². The molecule has 0 bridgehead atoms. The Morgan fingerprint density at radius 1 is 1.30 bits per heavy atom. The van der Waals surface area contributed by atoms with Gasteiger partial charge in [-0.1, -0.05) is 17.7 Å². The zero-order valence-corrected chi connectivity index (χ0v) is 12.2. The number of nitrogens with zero attached hydrogens (tertiary/aromatic N) is 3. The molecule has 0 saturated carbocycles. The van der Waals surface area contributed by atoms with E-state index in [4.69, 9.17) is 16.3 Å². The lowest BCUT2D eigenvalue weighted by Crippen LogP contribution is -2.05. The Kier molecular flexibility index (Phi) is 4.39. The van der Waals surface area contributed by atoms with E-state index in [-0.39, 0.29) is 12.3 Å². The molecule has 0 aliphatic heterocycles. The Labute approximate surface area is 122 Å². The molecule has 2 rings (SSSR count). The highest BCUT2D eigenvalue weighted by Crippen LogP contribution is 2.23. The van der Waals surface area contributed by atoms with Gasteiger partial charge in [0.2, 0.25) is 0 Å². The van der Waals surface area contributed by atoms with Gasteiger partial charge in [-0.3, -0.25) is 5.32 Å². The lowest BCUT2D eigenvalue weighted by Gasteiger charge is -2.08. The van der Waals surface area contributed by atoms with E-state index in [0.29, 0.717) is 27.9 Å². The first kappa shape index (κ1) is 14.5. The summed E-state index contributed by atoms with van der Waals surface area (Å²) in [5.41, 5.74) is 1.40. The Balaban J connectivity index is 2.15. The molecule has 0 fully saturated rings. The van der Waals surface area contributed by atoms with Crippen LogP contribution in [0.15, 0.2) is 18.2 Å². The van der Waals surface area contributed by atoms with Crippen molar-refractivity contribution in [3.05, 3.63) is 46.1 Å². The number of benzene rings is 1. The highest BCUT2D eigenvalue weighted by molar-refractivity contribution is 6.33. The van der Waals surface area contributed by atoms with Gasteiger partial charge in [-0.25, -0.2) is 14.4 Å². The molecule has 1 aromatic heterocycles. The van der Waals surface area contributed by atoms with E-state index in [1.807, 2.05) is 0 Å². The second-order valence-corrected chi connectivity index (χ2v) is 4.66. The van der Waals surface area contributed by atoms with E-state index in [2.05, 4.69) is 15.3 Å². The molecule has 0 saturated heterocycles. The molecule has 0 amide bonds. The van der Waals surface area contributed by atoms with E-state index in [0.717, 1.165) is 0 Å². The molecular weight excluding hydrogens is 281 g/mol. The molecule has 6 heteroatoms. The third kappa shape index (κ3) is 3.17. The molecule has 1 aromatic carbocycles. The van der Waals surface area contributed by atoms with Crippen LogP contribution in [0.25, 0.3) is 0 Å². The fourth-order valence-corrected chi connectivity index (χ4v) is 1.90. The minimum absolute atomic E-state index is 0.209. The van der Waals surface area contributed by atoms with Crippen LogP contribution in [-0.4, -0.2) is 17.1 Å². The van der Waals surface area contributed by atoms with Gasteiger partial charge in [0.15, 0.2) is 17.4 Å². The van der Waals surface area contributed by atoms with Crippen LogP contribution in [0.5, 0.6) is 5.75 Å². The van der Waals surface area contributed by atoms with Crippen molar-refractivity contribution in [3.8, 4) is 5.75 Å². The number of rotatable bonds is 4. The number of ether oxygens (including phenoxy) is 1. The molecule has 4 nitrogen and oxygen atoms in total. The fraction of sp³-hybridized carbons (Fsp3) is 0.286. The monoisotopic (exact) mass is 294 g/mol. The van der Waals surface area contributed by atoms with Crippen molar-refractivity contribution in [1.82, 2.24) is 15.3 Å². The van der Waals surface area contributed by atoms with Crippen molar-refractivity contribution in [2.24, 2.45) is 0 Å². The van der Waals surface area contributed by atoms with Crippen molar-refractivity contribution in [1.29, 1.82) is 0 Å². The Morgan fingerprint density at radius 3 is 2.70 bits per heavy atom. The molecule has 0 aliphatic rings. The standard InChI is InChI=1S/C14H14ClFN3O/c1-8-13(15)14(19-9(2)18-8)17-7-10-4-5-12(20-3)11(16)6-10/h4-6H,7H2,1-3H3. The van der Waals surface area contributed by atoms with Crippen molar-refractivity contribution in [3.63, 3.8) is 0 Å². The normalized spacial score (nSPS) is 10.4. The van der Waals surface area contributed by atoms with Crippen LogP contribution in [0, 0.1) is 19.7 Å². The molecule has 2 aromatic rings. The quantitative estimate of drug-likeness (QED) is 0.869. The summed E-state index contributed by atoms with van der Waals surface area (Å²) in [6, 6.07) is 4.70. The van der Waals surface area contributed by atoms with Crippen molar-refractivity contribution >= 4 is 17.4 Å². The molecule has 1 heterocycles. The summed E-state index contributed by atoms with van der Waals surface area (Å²) in [4.78, 5) is 8.32. The minimum Gasteiger partial charge on any atom is -0.494 e. The molecule has 0 atom stereocenters. The molecule has 0 unspecified atom stereocenters. The van der Waals surface area contributed by atoms with Crippen LogP contribution in [0.3, 0.4) is 0 Å². The predicted molar refractivity (Wildman–Crippen MR) is 75.0 cm³/mol. The zero-order chi connectivity index (χ0) is 14.7. The van der Waals surface area contributed by atoms with Crippen LogP contribution in [0.1, 0.15) is 17.1 Å². The minimum atomic E-state index is -0.415. The maximum atomic E-state index is 13.6. The molecule has 20 heavy (non-hydrogen) atoms. The van der Waals surface area contributed by atoms with E-state index < -0.39 is 5.82 Å². The van der Waals surface area contributed by atoms with Gasteiger partial charge in [0.25, 0.3) is 0 Å². The Hall–Kier alpha value is -1.88. The second kappa shape index (κ2) is 6.05. The first-order valence-corrected chi connectivity index (χ1v) is 6.39. The number of hydrogen-bond acceptors (Lipinski definition) is 3. The fourth-order valence-electron chi connectivity index (χ4n) is 1.76. The Bertz CT molecular complexity index is 634. The maximum Gasteiger partial charge on any atom is 0.170 e. The lowest BCUT2D eigenvalue weighted by molar-refractivity contribution is 0.386. The first-order valence-electron chi connectivity index (χ1n) is 6.02. The van der Waals surface area contributed by atoms with Crippen LogP contribution < -0.4 is 10.1 Å². The number of methoxy groups -OCH3 is 1. The van der Waals surface area contributed by atoms with Crippen LogP contribution in [-0.2, 0) is 6.54 Å². The van der Waals surface area contributed by atoms with Gasteiger partial charge >= 0.3 is 0 Å². The summed E-state index contributed by atoms with van der Waals surface area (Å²) in [5, 5.41) is 4.72. The molecule has 0 spiro atoms. The van der Waals surface area contributed by atoms with Crippen LogP contribution >= 0.6 is 11.6 Å². The third-order valence-corrected chi connectivity index (χ3v) is 3.18. The van der Waals surface area contributed by atoms with Gasteiger partial charge in [0, 0.05) is 0 Å². The third-order valence-electron chi connectivity index (χ3n) is 2.74. The van der Waals surface area contributed by atoms with Crippen LogP contribution in [0.2, 0.25) is 5.02 Å². The SMILES string of the molecule is COc1ccc(C[N]c2nc(C)nc(C)c2Cl)cc1F. The van der Waals surface area contributed by atoms with Crippen molar-refractivity contribution < 1.29 is 9.13 Å².